The van der Waals surface area contributed by atoms with Crippen molar-refractivity contribution in [1.82, 2.24) is 15.6 Å². The number of unbranched alkanes of at least 4 members (excludes halogenated alkanes) is 2. The summed E-state index contributed by atoms with van der Waals surface area (Å²) in [6, 6.07) is 17.5. The van der Waals surface area contributed by atoms with Crippen LogP contribution in [0.2, 0.25) is 0 Å². The second kappa shape index (κ2) is 14.1. The van der Waals surface area contributed by atoms with Gasteiger partial charge in [0.25, 0.3) is 0 Å². The highest BCUT2D eigenvalue weighted by molar-refractivity contribution is 5.88. The van der Waals surface area contributed by atoms with Gasteiger partial charge >= 0.3 is 0 Å². The molecule has 35 heavy (non-hydrogen) atoms. The molecule has 0 spiro atoms. The highest BCUT2D eigenvalue weighted by atomic mass is 16.2. The number of hydrogen-bond donors (Lipinski definition) is 3. The Bertz CT molecular complexity index is 1090. The van der Waals surface area contributed by atoms with Crippen molar-refractivity contribution >= 4 is 28.5 Å². The van der Waals surface area contributed by atoms with Crippen molar-refractivity contribution in [2.45, 2.75) is 70.8 Å². The SMILES string of the molecule is CCC(=O)CCCCC[C@H](NC(=O)CCc1c[nH]c2ccccc12)C(=O)NCCc1ccccc1. The maximum Gasteiger partial charge on any atom is 0.242 e. The molecule has 1 aromatic heterocycles. The van der Waals surface area contributed by atoms with Crippen LogP contribution in [0.4, 0.5) is 0 Å². The first-order valence-electron chi connectivity index (χ1n) is 12.7. The van der Waals surface area contributed by atoms with E-state index in [4.69, 9.17) is 0 Å². The Morgan fingerprint density at radius 3 is 2.46 bits per heavy atom. The molecule has 0 fully saturated rings. The van der Waals surface area contributed by atoms with Crippen LogP contribution >= 0.6 is 0 Å². The molecule has 0 saturated heterocycles. The minimum Gasteiger partial charge on any atom is -0.361 e. The zero-order valence-electron chi connectivity index (χ0n) is 20.6. The smallest absolute Gasteiger partial charge is 0.242 e. The van der Waals surface area contributed by atoms with E-state index in [0.717, 1.165) is 47.7 Å². The maximum atomic E-state index is 12.9. The molecule has 0 aliphatic carbocycles. The molecule has 0 aliphatic heterocycles. The van der Waals surface area contributed by atoms with Crippen molar-refractivity contribution in [3.05, 3.63) is 71.9 Å². The largest absolute Gasteiger partial charge is 0.361 e. The second-order valence-electron chi connectivity index (χ2n) is 9.00. The van der Waals surface area contributed by atoms with Gasteiger partial charge in [-0.1, -0.05) is 68.3 Å². The minimum atomic E-state index is -0.567. The lowest BCUT2D eigenvalue weighted by Crippen LogP contribution is -2.47. The number of H-pyrrole nitrogens is 1. The number of rotatable bonds is 15. The summed E-state index contributed by atoms with van der Waals surface area (Å²) in [5.74, 6) is -0.00329. The van der Waals surface area contributed by atoms with Gasteiger partial charge in [-0.15, -0.1) is 0 Å². The van der Waals surface area contributed by atoms with Gasteiger partial charge in [-0.2, -0.15) is 0 Å². The van der Waals surface area contributed by atoms with Crippen LogP contribution in [0.15, 0.2) is 60.8 Å². The molecule has 3 aromatic rings. The Morgan fingerprint density at radius 2 is 1.66 bits per heavy atom. The van der Waals surface area contributed by atoms with Gasteiger partial charge in [0, 0.05) is 42.9 Å². The number of aromatic amines is 1. The number of ketones is 1. The van der Waals surface area contributed by atoms with Crippen LogP contribution in [-0.2, 0) is 27.2 Å². The van der Waals surface area contributed by atoms with Crippen molar-refractivity contribution in [1.29, 1.82) is 0 Å². The highest BCUT2D eigenvalue weighted by Crippen LogP contribution is 2.19. The van der Waals surface area contributed by atoms with Crippen molar-refractivity contribution in [2.24, 2.45) is 0 Å². The lowest BCUT2D eigenvalue weighted by molar-refractivity contribution is -0.129. The van der Waals surface area contributed by atoms with E-state index in [1.165, 1.54) is 0 Å². The average molecular weight is 476 g/mol. The summed E-state index contributed by atoms with van der Waals surface area (Å²) < 4.78 is 0. The summed E-state index contributed by atoms with van der Waals surface area (Å²) in [5.41, 5.74) is 3.31. The van der Waals surface area contributed by atoms with Crippen molar-refractivity contribution in [3.63, 3.8) is 0 Å². The zero-order chi connectivity index (χ0) is 24.9. The Hall–Kier alpha value is -3.41. The molecule has 186 valence electrons. The first-order valence-corrected chi connectivity index (χ1v) is 12.7. The molecular weight excluding hydrogens is 438 g/mol. The number of carbonyl (C=O) groups excluding carboxylic acids is 3. The fourth-order valence-electron chi connectivity index (χ4n) is 4.24. The van der Waals surface area contributed by atoms with Crippen molar-refractivity contribution < 1.29 is 14.4 Å². The molecule has 6 heteroatoms. The van der Waals surface area contributed by atoms with E-state index in [1.54, 1.807) is 0 Å². The summed E-state index contributed by atoms with van der Waals surface area (Å²) in [6.45, 7) is 2.40. The minimum absolute atomic E-state index is 0.125. The number of amides is 2. The van der Waals surface area contributed by atoms with E-state index >= 15 is 0 Å². The average Bonchev–Trinajstić information content (AvgIpc) is 3.30. The predicted octanol–water partition coefficient (Wildman–Crippen LogP) is 4.87. The lowest BCUT2D eigenvalue weighted by atomic mass is 10.0. The van der Waals surface area contributed by atoms with Gasteiger partial charge in [-0.25, -0.2) is 0 Å². The third kappa shape index (κ3) is 8.71. The van der Waals surface area contributed by atoms with E-state index in [2.05, 4.69) is 15.6 Å². The third-order valence-corrected chi connectivity index (χ3v) is 6.35. The molecule has 0 radical (unpaired) electrons. The van der Waals surface area contributed by atoms with Gasteiger partial charge in [0.1, 0.15) is 11.8 Å². The van der Waals surface area contributed by atoms with Crippen LogP contribution in [0.3, 0.4) is 0 Å². The molecule has 6 nitrogen and oxygen atoms in total. The van der Waals surface area contributed by atoms with Crippen LogP contribution in [0.5, 0.6) is 0 Å². The fourth-order valence-corrected chi connectivity index (χ4v) is 4.24. The van der Waals surface area contributed by atoms with E-state index in [1.807, 2.05) is 67.7 Å². The Morgan fingerprint density at radius 1 is 0.886 bits per heavy atom. The number of fused-ring (bicyclic) bond motifs is 1. The van der Waals surface area contributed by atoms with Crippen LogP contribution in [-0.4, -0.2) is 35.2 Å². The summed E-state index contributed by atoms with van der Waals surface area (Å²) in [7, 11) is 0. The number of carbonyl (C=O) groups is 3. The van der Waals surface area contributed by atoms with E-state index < -0.39 is 6.04 Å². The molecule has 3 N–H and O–H groups in total. The lowest BCUT2D eigenvalue weighted by Gasteiger charge is -2.19. The number of hydrogen-bond acceptors (Lipinski definition) is 3. The number of aryl methyl sites for hydroxylation is 1. The standard InChI is InChI=1S/C29H37N3O3/c1-2-24(33)13-7-4-8-16-27(29(35)30-20-19-22-11-5-3-6-12-22)32-28(34)18-17-23-21-31-26-15-10-9-14-25(23)26/h3,5-6,9-12,14-15,21,27,31H,2,4,7-8,13,16-20H2,1H3,(H,30,35)(H,32,34)/t27-/m0/s1. The second-order valence-corrected chi connectivity index (χ2v) is 9.00. The van der Waals surface area contributed by atoms with Crippen LogP contribution in [0.25, 0.3) is 10.9 Å². The Labute approximate surface area is 207 Å². The monoisotopic (exact) mass is 475 g/mol. The van der Waals surface area contributed by atoms with Crippen LogP contribution in [0.1, 0.15) is 63.0 Å². The van der Waals surface area contributed by atoms with Gasteiger partial charge in [0.05, 0.1) is 0 Å². The zero-order valence-corrected chi connectivity index (χ0v) is 20.6. The fraction of sp³-hybridized carbons (Fsp3) is 0.414. The molecule has 1 heterocycles. The van der Waals surface area contributed by atoms with Gasteiger partial charge in [0.2, 0.25) is 11.8 Å². The molecule has 0 unspecified atom stereocenters. The molecule has 2 amide bonds. The number of Topliss-reactive ketones (excluding diaryl/α,β-unsaturated/α-hetero) is 1. The summed E-state index contributed by atoms with van der Waals surface area (Å²) >= 11 is 0. The van der Waals surface area contributed by atoms with Gasteiger partial charge < -0.3 is 15.6 Å². The molecule has 1 atom stereocenters. The molecule has 2 aromatic carbocycles. The van der Waals surface area contributed by atoms with Gasteiger partial charge in [-0.05, 0) is 42.9 Å². The first kappa shape index (κ1) is 26.2. The molecule has 0 saturated carbocycles. The summed E-state index contributed by atoms with van der Waals surface area (Å²) in [6.07, 6.45) is 7.82. The molecule has 0 aliphatic rings. The van der Waals surface area contributed by atoms with Crippen LogP contribution < -0.4 is 10.6 Å². The number of aromatic nitrogens is 1. The topological polar surface area (TPSA) is 91.1 Å². The number of para-hydroxylation sites is 1. The first-order chi connectivity index (χ1) is 17.1. The Kier molecular flexibility index (Phi) is 10.6. The molecule has 0 bridgehead atoms. The molecular formula is C29H37N3O3. The number of nitrogens with one attached hydrogen (secondary N) is 3. The number of benzene rings is 2. The third-order valence-electron chi connectivity index (χ3n) is 6.35. The van der Waals surface area contributed by atoms with Crippen molar-refractivity contribution in [2.75, 3.05) is 6.54 Å². The van der Waals surface area contributed by atoms with E-state index in [-0.39, 0.29) is 17.6 Å². The molecule has 3 rings (SSSR count). The van der Waals surface area contributed by atoms with Gasteiger partial charge in [-0.3, -0.25) is 14.4 Å². The van der Waals surface area contributed by atoms with Crippen molar-refractivity contribution in [3.8, 4) is 0 Å². The highest BCUT2D eigenvalue weighted by Gasteiger charge is 2.20. The quantitative estimate of drug-likeness (QED) is 0.274. The Balaban J connectivity index is 1.50. The predicted molar refractivity (Wildman–Crippen MR) is 140 cm³/mol. The van der Waals surface area contributed by atoms with Crippen LogP contribution in [0, 0.1) is 0 Å². The summed E-state index contributed by atoms with van der Waals surface area (Å²) in [5, 5.41) is 7.07. The maximum absolute atomic E-state index is 12.9. The normalized spacial score (nSPS) is 11.8. The van der Waals surface area contributed by atoms with E-state index in [0.29, 0.717) is 38.6 Å². The summed E-state index contributed by atoms with van der Waals surface area (Å²) in [4.78, 5) is 40.4. The van der Waals surface area contributed by atoms with Gasteiger partial charge in [0.15, 0.2) is 0 Å². The van der Waals surface area contributed by atoms with E-state index in [9.17, 15) is 14.4 Å².